The lowest BCUT2D eigenvalue weighted by molar-refractivity contribution is -0.129. The van der Waals surface area contributed by atoms with Crippen LogP contribution in [0.1, 0.15) is 25.0 Å². The highest BCUT2D eigenvalue weighted by molar-refractivity contribution is 6.13. The summed E-state index contributed by atoms with van der Waals surface area (Å²) in [5.41, 5.74) is 1.41. The van der Waals surface area contributed by atoms with E-state index in [9.17, 15) is 9.18 Å². The van der Waals surface area contributed by atoms with Crippen LogP contribution in [0.25, 0.3) is 6.08 Å². The Kier molecular flexibility index (Phi) is 5.31. The van der Waals surface area contributed by atoms with E-state index in [1.807, 2.05) is 13.8 Å². The molecular weight excluding hydrogens is 337 g/mol. The topological polar surface area (TPSA) is 57.1 Å². The lowest BCUT2D eigenvalue weighted by atomic mass is 10.2. The molecule has 5 nitrogen and oxygen atoms in total. The molecule has 0 saturated heterocycles. The number of esters is 1. The highest BCUT2D eigenvalue weighted by atomic mass is 19.1. The molecule has 1 aliphatic rings. The molecule has 0 aliphatic carbocycles. The van der Waals surface area contributed by atoms with E-state index in [2.05, 4.69) is 4.99 Å². The van der Waals surface area contributed by atoms with Gasteiger partial charge in [-0.1, -0.05) is 12.1 Å². The van der Waals surface area contributed by atoms with Gasteiger partial charge in [-0.05, 0) is 55.8 Å². The number of carbonyl (C=O) groups is 1. The first-order valence-corrected chi connectivity index (χ1v) is 8.29. The molecule has 1 heterocycles. The maximum atomic E-state index is 13.0. The van der Waals surface area contributed by atoms with Crippen molar-refractivity contribution in [2.75, 3.05) is 13.2 Å². The van der Waals surface area contributed by atoms with Gasteiger partial charge >= 0.3 is 5.97 Å². The lowest BCUT2D eigenvalue weighted by Crippen LogP contribution is -2.06. The Hall–Kier alpha value is -3.15. The fraction of sp³-hybridized carbons (Fsp3) is 0.200. The molecule has 1 aliphatic heterocycles. The molecular formula is C20H18FNO4. The van der Waals surface area contributed by atoms with Crippen LogP contribution in [-0.4, -0.2) is 25.1 Å². The van der Waals surface area contributed by atoms with E-state index in [0.717, 1.165) is 0 Å². The Morgan fingerprint density at radius 1 is 1.04 bits per heavy atom. The number of rotatable bonds is 6. The summed E-state index contributed by atoms with van der Waals surface area (Å²) in [6, 6.07) is 11.0. The Labute approximate surface area is 150 Å². The number of hydrogen-bond acceptors (Lipinski definition) is 5. The molecule has 134 valence electrons. The standard InChI is InChI=1S/C20H18FNO4/c1-3-24-17-10-7-14(12-18(17)25-4-2)19-22-16(20(23)26-19)11-13-5-8-15(21)9-6-13/h5-12H,3-4H2,1-2H3/b16-11-. The third kappa shape index (κ3) is 3.91. The Bertz CT molecular complexity index is 872. The maximum absolute atomic E-state index is 13.0. The van der Waals surface area contributed by atoms with Gasteiger partial charge in [-0.3, -0.25) is 0 Å². The number of aliphatic imine (C=N–C) groups is 1. The van der Waals surface area contributed by atoms with Gasteiger partial charge in [-0.15, -0.1) is 0 Å². The molecule has 0 amide bonds. The van der Waals surface area contributed by atoms with E-state index in [-0.39, 0.29) is 17.4 Å². The normalized spacial score (nSPS) is 15.0. The summed E-state index contributed by atoms with van der Waals surface area (Å²) in [6.07, 6.45) is 1.55. The number of carbonyl (C=O) groups excluding carboxylic acids is 1. The molecule has 3 rings (SSSR count). The van der Waals surface area contributed by atoms with Crippen molar-refractivity contribution < 1.29 is 23.4 Å². The largest absolute Gasteiger partial charge is 0.490 e. The van der Waals surface area contributed by atoms with E-state index in [0.29, 0.717) is 35.8 Å². The lowest BCUT2D eigenvalue weighted by Gasteiger charge is -2.11. The van der Waals surface area contributed by atoms with Crippen molar-refractivity contribution in [2.45, 2.75) is 13.8 Å². The minimum absolute atomic E-state index is 0.151. The van der Waals surface area contributed by atoms with Gasteiger partial charge in [0.25, 0.3) is 0 Å². The fourth-order valence-corrected chi connectivity index (χ4v) is 2.43. The van der Waals surface area contributed by atoms with Gasteiger partial charge in [0.15, 0.2) is 17.2 Å². The van der Waals surface area contributed by atoms with Crippen LogP contribution in [0.2, 0.25) is 0 Å². The second kappa shape index (κ2) is 7.82. The van der Waals surface area contributed by atoms with Gasteiger partial charge in [0.2, 0.25) is 5.90 Å². The smallest absolute Gasteiger partial charge is 0.363 e. The zero-order chi connectivity index (χ0) is 18.5. The van der Waals surface area contributed by atoms with Gasteiger partial charge in [0, 0.05) is 5.56 Å². The van der Waals surface area contributed by atoms with Crippen LogP contribution in [0.4, 0.5) is 4.39 Å². The molecule has 0 radical (unpaired) electrons. The van der Waals surface area contributed by atoms with Crippen molar-refractivity contribution in [1.82, 2.24) is 0 Å². The van der Waals surface area contributed by atoms with Crippen LogP contribution >= 0.6 is 0 Å². The fourth-order valence-electron chi connectivity index (χ4n) is 2.43. The first kappa shape index (κ1) is 17.7. The maximum Gasteiger partial charge on any atom is 0.363 e. The van der Waals surface area contributed by atoms with E-state index in [4.69, 9.17) is 14.2 Å². The average Bonchev–Trinajstić information content (AvgIpc) is 2.99. The zero-order valence-electron chi connectivity index (χ0n) is 14.5. The molecule has 6 heteroatoms. The monoisotopic (exact) mass is 355 g/mol. The Morgan fingerprint density at radius 2 is 1.73 bits per heavy atom. The van der Waals surface area contributed by atoms with Crippen LogP contribution < -0.4 is 9.47 Å². The number of nitrogens with zero attached hydrogens (tertiary/aromatic N) is 1. The van der Waals surface area contributed by atoms with Gasteiger partial charge in [-0.2, -0.15) is 0 Å². The Balaban J connectivity index is 1.90. The van der Waals surface area contributed by atoms with Crippen molar-refractivity contribution in [2.24, 2.45) is 4.99 Å². The van der Waals surface area contributed by atoms with Crippen LogP contribution in [0.15, 0.2) is 53.2 Å². The number of hydrogen-bond donors (Lipinski definition) is 0. The second-order valence-corrected chi connectivity index (χ2v) is 5.42. The minimum Gasteiger partial charge on any atom is -0.490 e. The summed E-state index contributed by atoms with van der Waals surface area (Å²) in [6.45, 7) is 4.75. The van der Waals surface area contributed by atoms with Crippen LogP contribution in [0.3, 0.4) is 0 Å². The first-order valence-electron chi connectivity index (χ1n) is 8.29. The third-order valence-corrected chi connectivity index (χ3v) is 3.58. The molecule has 0 aromatic heterocycles. The van der Waals surface area contributed by atoms with E-state index in [1.54, 1.807) is 36.4 Å². The molecule has 0 fully saturated rings. The van der Waals surface area contributed by atoms with Crippen molar-refractivity contribution in [3.05, 3.63) is 65.1 Å². The molecule has 0 N–H and O–H groups in total. The first-order chi connectivity index (χ1) is 12.6. The van der Waals surface area contributed by atoms with Gasteiger partial charge in [0.1, 0.15) is 5.82 Å². The molecule has 26 heavy (non-hydrogen) atoms. The van der Waals surface area contributed by atoms with Crippen molar-refractivity contribution in [1.29, 1.82) is 0 Å². The van der Waals surface area contributed by atoms with Crippen LogP contribution in [0, 0.1) is 5.82 Å². The van der Waals surface area contributed by atoms with Crippen molar-refractivity contribution in [3.63, 3.8) is 0 Å². The number of benzene rings is 2. The number of halogens is 1. The molecule has 0 atom stereocenters. The van der Waals surface area contributed by atoms with E-state index < -0.39 is 5.97 Å². The third-order valence-electron chi connectivity index (χ3n) is 3.58. The second-order valence-electron chi connectivity index (χ2n) is 5.42. The minimum atomic E-state index is -0.559. The van der Waals surface area contributed by atoms with Gasteiger partial charge in [-0.25, -0.2) is 14.2 Å². The molecule has 2 aromatic carbocycles. The van der Waals surface area contributed by atoms with E-state index >= 15 is 0 Å². The number of ether oxygens (including phenoxy) is 3. The quantitative estimate of drug-likeness (QED) is 0.581. The molecule has 0 spiro atoms. The summed E-state index contributed by atoms with van der Waals surface area (Å²) in [5.74, 6) is 0.457. The van der Waals surface area contributed by atoms with E-state index in [1.165, 1.54) is 12.1 Å². The molecule has 0 saturated carbocycles. The summed E-state index contributed by atoms with van der Waals surface area (Å²) in [4.78, 5) is 16.3. The number of cyclic esters (lactones) is 1. The predicted molar refractivity (Wildman–Crippen MR) is 95.8 cm³/mol. The zero-order valence-corrected chi connectivity index (χ0v) is 14.5. The Morgan fingerprint density at radius 3 is 2.42 bits per heavy atom. The molecule has 0 unspecified atom stereocenters. The highest BCUT2D eigenvalue weighted by Gasteiger charge is 2.25. The summed E-state index contributed by atoms with van der Waals surface area (Å²) < 4.78 is 29.4. The summed E-state index contributed by atoms with van der Waals surface area (Å²) >= 11 is 0. The SMILES string of the molecule is CCOc1ccc(C2=N/C(=C\c3ccc(F)cc3)C(=O)O2)cc1OCC. The van der Waals surface area contributed by atoms with Crippen molar-refractivity contribution in [3.8, 4) is 11.5 Å². The molecule has 2 aromatic rings. The van der Waals surface area contributed by atoms with Crippen LogP contribution in [0.5, 0.6) is 11.5 Å². The predicted octanol–water partition coefficient (Wildman–Crippen LogP) is 3.97. The highest BCUT2D eigenvalue weighted by Crippen LogP contribution is 2.30. The summed E-state index contributed by atoms with van der Waals surface area (Å²) in [5, 5.41) is 0. The van der Waals surface area contributed by atoms with Gasteiger partial charge in [0.05, 0.1) is 13.2 Å². The van der Waals surface area contributed by atoms with Crippen LogP contribution in [-0.2, 0) is 9.53 Å². The average molecular weight is 355 g/mol. The summed E-state index contributed by atoms with van der Waals surface area (Å²) in [7, 11) is 0. The molecule has 0 bridgehead atoms. The van der Waals surface area contributed by atoms with Gasteiger partial charge < -0.3 is 14.2 Å². The van der Waals surface area contributed by atoms with Crippen molar-refractivity contribution >= 4 is 17.9 Å².